The van der Waals surface area contributed by atoms with Gasteiger partial charge in [-0.3, -0.25) is 14.5 Å². The van der Waals surface area contributed by atoms with Crippen LogP contribution in [0, 0.1) is 19.3 Å². The molecule has 0 bridgehead atoms. The molecule has 26 heavy (non-hydrogen) atoms. The van der Waals surface area contributed by atoms with Crippen molar-refractivity contribution in [3.05, 3.63) is 17.0 Å². The molecule has 0 unspecified atom stereocenters. The topological polar surface area (TPSA) is 74.5 Å². The highest BCUT2D eigenvalue weighted by atomic mass is 16.2. The summed E-state index contributed by atoms with van der Waals surface area (Å²) in [5, 5.41) is 11.2. The number of aliphatic imine (C=N–C) groups is 1. The summed E-state index contributed by atoms with van der Waals surface area (Å²) < 4.78 is 1.93. The normalized spacial score (nSPS) is 16.6. The van der Waals surface area contributed by atoms with Crippen molar-refractivity contribution in [2.75, 3.05) is 34.2 Å². The number of guanidine groups is 1. The SMILES string of the molecule is CN=C(NCCc1c(C)nn(C)c1C)NCC1(C(=O)N(C)C)CCCC1. The third kappa shape index (κ3) is 4.37. The molecular formula is C19H34N6O. The second kappa shape index (κ2) is 8.56. The predicted octanol–water partition coefficient (Wildman–Crippen LogP) is 1.39. The van der Waals surface area contributed by atoms with Crippen molar-refractivity contribution in [2.24, 2.45) is 17.5 Å². The number of hydrogen-bond donors (Lipinski definition) is 2. The summed E-state index contributed by atoms with van der Waals surface area (Å²) in [5.41, 5.74) is 3.27. The van der Waals surface area contributed by atoms with Crippen molar-refractivity contribution in [3.63, 3.8) is 0 Å². The zero-order chi connectivity index (χ0) is 19.3. The smallest absolute Gasteiger partial charge is 0.230 e. The van der Waals surface area contributed by atoms with Crippen molar-refractivity contribution >= 4 is 11.9 Å². The molecule has 146 valence electrons. The van der Waals surface area contributed by atoms with Crippen molar-refractivity contribution < 1.29 is 4.79 Å². The van der Waals surface area contributed by atoms with E-state index in [1.807, 2.05) is 32.7 Å². The van der Waals surface area contributed by atoms with Crippen LogP contribution in [0.3, 0.4) is 0 Å². The summed E-state index contributed by atoms with van der Waals surface area (Å²) in [5.74, 6) is 0.974. The van der Waals surface area contributed by atoms with Crippen molar-refractivity contribution in [1.29, 1.82) is 0 Å². The standard InChI is InChI=1S/C19H34N6O/c1-14-16(15(2)25(6)23-14)9-12-21-18(20-3)22-13-19(10-7-8-11-19)17(26)24(4)5/h7-13H2,1-6H3,(H2,20,21,22). The molecule has 1 fully saturated rings. The van der Waals surface area contributed by atoms with Gasteiger partial charge in [-0.1, -0.05) is 12.8 Å². The van der Waals surface area contributed by atoms with Gasteiger partial charge in [-0.05, 0) is 38.7 Å². The van der Waals surface area contributed by atoms with Gasteiger partial charge in [-0.15, -0.1) is 0 Å². The fourth-order valence-electron chi connectivity index (χ4n) is 3.95. The van der Waals surface area contributed by atoms with Crippen LogP contribution >= 0.6 is 0 Å². The van der Waals surface area contributed by atoms with E-state index >= 15 is 0 Å². The van der Waals surface area contributed by atoms with Crippen LogP contribution in [-0.2, 0) is 18.3 Å². The van der Waals surface area contributed by atoms with E-state index in [0.717, 1.165) is 50.3 Å². The molecule has 0 spiro atoms. The highest BCUT2D eigenvalue weighted by molar-refractivity contribution is 5.85. The summed E-state index contributed by atoms with van der Waals surface area (Å²) in [6, 6.07) is 0. The average molecular weight is 363 g/mol. The lowest BCUT2D eigenvalue weighted by Crippen LogP contribution is -2.49. The lowest BCUT2D eigenvalue weighted by atomic mass is 9.84. The highest BCUT2D eigenvalue weighted by Gasteiger charge is 2.42. The quantitative estimate of drug-likeness (QED) is 0.592. The number of amides is 1. The van der Waals surface area contributed by atoms with Crippen LogP contribution in [0.2, 0.25) is 0 Å². The van der Waals surface area contributed by atoms with Gasteiger partial charge < -0.3 is 15.5 Å². The Morgan fingerprint density at radius 3 is 2.42 bits per heavy atom. The Morgan fingerprint density at radius 2 is 1.92 bits per heavy atom. The van der Waals surface area contributed by atoms with E-state index in [1.54, 1.807) is 11.9 Å². The van der Waals surface area contributed by atoms with E-state index in [2.05, 4.69) is 27.6 Å². The minimum atomic E-state index is -0.294. The number of nitrogens with one attached hydrogen (secondary N) is 2. The number of nitrogens with zero attached hydrogens (tertiary/aromatic N) is 4. The van der Waals surface area contributed by atoms with Gasteiger partial charge >= 0.3 is 0 Å². The van der Waals surface area contributed by atoms with Crippen LogP contribution in [0.1, 0.15) is 42.6 Å². The van der Waals surface area contributed by atoms with Crippen LogP contribution in [0.4, 0.5) is 0 Å². The van der Waals surface area contributed by atoms with Gasteiger partial charge in [-0.2, -0.15) is 5.10 Å². The lowest BCUT2D eigenvalue weighted by molar-refractivity contribution is -0.138. The Labute approximate surface area is 157 Å². The molecule has 2 N–H and O–H groups in total. The molecule has 0 aliphatic heterocycles. The van der Waals surface area contributed by atoms with E-state index in [-0.39, 0.29) is 11.3 Å². The summed E-state index contributed by atoms with van der Waals surface area (Å²) >= 11 is 0. The molecule has 1 aromatic heterocycles. The Kier molecular flexibility index (Phi) is 6.67. The molecule has 7 heteroatoms. The first-order valence-corrected chi connectivity index (χ1v) is 9.46. The van der Waals surface area contributed by atoms with Crippen molar-refractivity contribution in [1.82, 2.24) is 25.3 Å². The van der Waals surface area contributed by atoms with Crippen molar-refractivity contribution in [2.45, 2.75) is 46.0 Å². The number of carbonyl (C=O) groups is 1. The van der Waals surface area contributed by atoms with Gasteiger partial charge in [0.15, 0.2) is 5.96 Å². The average Bonchev–Trinajstić information content (AvgIpc) is 3.17. The Bertz CT molecular complexity index is 655. The summed E-state index contributed by atoms with van der Waals surface area (Å²) in [7, 11) is 7.43. The highest BCUT2D eigenvalue weighted by Crippen LogP contribution is 2.38. The molecule has 7 nitrogen and oxygen atoms in total. The molecule has 1 saturated carbocycles. The fourth-order valence-corrected chi connectivity index (χ4v) is 3.95. The molecule has 1 aromatic rings. The fraction of sp³-hybridized carbons (Fsp3) is 0.737. The third-order valence-electron chi connectivity index (χ3n) is 5.56. The first-order valence-electron chi connectivity index (χ1n) is 9.46. The van der Waals surface area contributed by atoms with E-state index in [9.17, 15) is 4.79 Å². The molecule has 0 atom stereocenters. The minimum absolute atomic E-state index is 0.222. The van der Waals surface area contributed by atoms with Crippen LogP contribution in [0.5, 0.6) is 0 Å². The van der Waals surface area contributed by atoms with E-state index in [0.29, 0.717) is 6.54 Å². The second-order valence-electron chi connectivity index (χ2n) is 7.56. The molecular weight excluding hydrogens is 328 g/mol. The first-order chi connectivity index (χ1) is 12.3. The van der Waals surface area contributed by atoms with E-state index in [1.165, 1.54) is 11.3 Å². The Balaban J connectivity index is 1.90. The predicted molar refractivity (Wildman–Crippen MR) is 105 cm³/mol. The molecule has 1 amide bonds. The van der Waals surface area contributed by atoms with Crippen molar-refractivity contribution in [3.8, 4) is 0 Å². The molecule has 0 aromatic carbocycles. The first kappa shape index (κ1) is 20.3. The van der Waals surface area contributed by atoms with Gasteiger partial charge in [0.05, 0.1) is 11.1 Å². The van der Waals surface area contributed by atoms with Gasteiger partial charge in [0.1, 0.15) is 0 Å². The molecule has 1 heterocycles. The number of aryl methyl sites for hydroxylation is 2. The number of hydrogen-bond acceptors (Lipinski definition) is 3. The lowest BCUT2D eigenvalue weighted by Gasteiger charge is -2.31. The van der Waals surface area contributed by atoms with E-state index in [4.69, 9.17) is 0 Å². The summed E-state index contributed by atoms with van der Waals surface area (Å²) in [4.78, 5) is 18.7. The second-order valence-corrected chi connectivity index (χ2v) is 7.56. The van der Waals surface area contributed by atoms with Gasteiger partial charge in [0.25, 0.3) is 0 Å². The Morgan fingerprint density at radius 1 is 1.27 bits per heavy atom. The molecule has 0 radical (unpaired) electrons. The largest absolute Gasteiger partial charge is 0.356 e. The Hall–Kier alpha value is -2.05. The summed E-state index contributed by atoms with van der Waals surface area (Å²) in [6.07, 6.45) is 5.03. The van der Waals surface area contributed by atoms with Gasteiger partial charge in [0, 0.05) is 47.0 Å². The van der Waals surface area contributed by atoms with Gasteiger partial charge in [-0.25, -0.2) is 0 Å². The van der Waals surface area contributed by atoms with Crippen LogP contribution in [0.15, 0.2) is 4.99 Å². The molecule has 2 rings (SSSR count). The maximum Gasteiger partial charge on any atom is 0.230 e. The molecule has 1 aliphatic carbocycles. The zero-order valence-corrected chi connectivity index (χ0v) is 17.1. The van der Waals surface area contributed by atoms with Crippen LogP contribution in [0.25, 0.3) is 0 Å². The van der Waals surface area contributed by atoms with Crippen LogP contribution in [-0.4, -0.2) is 60.8 Å². The maximum atomic E-state index is 12.7. The summed E-state index contributed by atoms with van der Waals surface area (Å²) in [6.45, 7) is 5.56. The number of aromatic nitrogens is 2. The van der Waals surface area contributed by atoms with Crippen LogP contribution < -0.4 is 10.6 Å². The number of carbonyl (C=O) groups excluding carboxylic acids is 1. The number of rotatable bonds is 6. The minimum Gasteiger partial charge on any atom is -0.356 e. The third-order valence-corrected chi connectivity index (χ3v) is 5.56. The molecule has 1 aliphatic rings. The molecule has 0 saturated heterocycles. The van der Waals surface area contributed by atoms with Gasteiger partial charge in [0.2, 0.25) is 5.91 Å². The van der Waals surface area contributed by atoms with E-state index < -0.39 is 0 Å². The maximum absolute atomic E-state index is 12.7. The monoisotopic (exact) mass is 362 g/mol. The zero-order valence-electron chi connectivity index (χ0n) is 17.1.